The molecule has 0 spiro atoms. The van der Waals surface area contributed by atoms with E-state index in [1.165, 1.54) is 199 Å². The monoisotopic (exact) mass is 1370 g/mol. The van der Waals surface area contributed by atoms with E-state index < -0.39 is 97.5 Å². The van der Waals surface area contributed by atoms with Crippen LogP contribution in [-0.4, -0.2) is 96.7 Å². The third kappa shape index (κ3) is 67.0. The van der Waals surface area contributed by atoms with Gasteiger partial charge in [0.25, 0.3) is 0 Å². The fourth-order valence-corrected chi connectivity index (χ4v) is 12.8. The fourth-order valence-electron chi connectivity index (χ4n) is 11.3. The van der Waals surface area contributed by atoms with E-state index in [9.17, 15) is 43.2 Å². The van der Waals surface area contributed by atoms with E-state index >= 15 is 0 Å². The van der Waals surface area contributed by atoms with E-state index in [1.54, 1.807) is 0 Å². The molecule has 0 aromatic heterocycles. The van der Waals surface area contributed by atoms with Gasteiger partial charge in [0.15, 0.2) is 12.2 Å². The Hall–Kier alpha value is -1.94. The average Bonchev–Trinajstić information content (AvgIpc) is 2.26. The molecule has 0 saturated heterocycles. The molecule has 0 saturated carbocycles. The van der Waals surface area contributed by atoms with Crippen LogP contribution in [0.2, 0.25) is 0 Å². The summed E-state index contributed by atoms with van der Waals surface area (Å²) in [5.74, 6) is -0.580. The minimum atomic E-state index is -4.96. The van der Waals surface area contributed by atoms with Gasteiger partial charge in [-0.1, -0.05) is 330 Å². The molecule has 3 N–H and O–H groups in total. The molecule has 3 unspecified atom stereocenters. The van der Waals surface area contributed by atoms with E-state index in [1.807, 2.05) is 0 Å². The van der Waals surface area contributed by atoms with Gasteiger partial charge in [-0.15, -0.1) is 0 Å². The number of esters is 4. The highest BCUT2D eigenvalue weighted by Crippen LogP contribution is 2.45. The molecule has 19 heteroatoms. The molecular formula is C74H144O17P2. The Morgan fingerprint density at radius 1 is 0.312 bits per heavy atom. The maximum absolute atomic E-state index is 13.1. The zero-order valence-corrected chi connectivity index (χ0v) is 62.3. The summed E-state index contributed by atoms with van der Waals surface area (Å²) in [5, 5.41) is 10.6. The summed E-state index contributed by atoms with van der Waals surface area (Å²) >= 11 is 0. The summed E-state index contributed by atoms with van der Waals surface area (Å²) in [4.78, 5) is 72.8. The van der Waals surface area contributed by atoms with Crippen molar-refractivity contribution in [1.29, 1.82) is 0 Å². The van der Waals surface area contributed by atoms with Crippen molar-refractivity contribution in [2.75, 3.05) is 39.6 Å². The molecule has 0 aromatic carbocycles. The highest BCUT2D eigenvalue weighted by molar-refractivity contribution is 7.47. The lowest BCUT2D eigenvalue weighted by molar-refractivity contribution is -0.161. The van der Waals surface area contributed by atoms with Crippen molar-refractivity contribution in [3.63, 3.8) is 0 Å². The second-order valence-corrected chi connectivity index (χ2v) is 30.3. The van der Waals surface area contributed by atoms with Crippen LogP contribution < -0.4 is 0 Å². The molecule has 0 heterocycles. The molecule has 552 valence electrons. The Morgan fingerprint density at radius 3 is 0.817 bits per heavy atom. The number of unbranched alkanes of at least 4 members (excludes halogenated alkanes) is 42. The zero-order valence-electron chi connectivity index (χ0n) is 60.6. The Balaban J connectivity index is 5.27. The van der Waals surface area contributed by atoms with Crippen LogP contribution in [0, 0.1) is 11.8 Å². The normalized spacial score (nSPS) is 14.3. The summed E-state index contributed by atoms with van der Waals surface area (Å²) in [6.07, 6.45) is 52.5. The largest absolute Gasteiger partial charge is 0.472 e. The lowest BCUT2D eigenvalue weighted by Gasteiger charge is -2.21. The van der Waals surface area contributed by atoms with Crippen molar-refractivity contribution in [3.05, 3.63) is 0 Å². The number of rotatable bonds is 73. The summed E-state index contributed by atoms with van der Waals surface area (Å²) in [6, 6.07) is 0. The molecule has 6 atom stereocenters. The molecule has 93 heavy (non-hydrogen) atoms. The number of phosphoric acid groups is 2. The smallest absolute Gasteiger partial charge is 0.462 e. The molecule has 0 aliphatic rings. The van der Waals surface area contributed by atoms with Gasteiger partial charge in [0.05, 0.1) is 26.4 Å². The van der Waals surface area contributed by atoms with E-state index in [-0.39, 0.29) is 25.7 Å². The first kappa shape index (κ1) is 91.1. The van der Waals surface area contributed by atoms with Gasteiger partial charge < -0.3 is 33.8 Å². The Kier molecular flexibility index (Phi) is 64.6. The van der Waals surface area contributed by atoms with Crippen LogP contribution in [0.25, 0.3) is 0 Å². The van der Waals surface area contributed by atoms with Crippen molar-refractivity contribution in [2.45, 2.75) is 400 Å². The molecule has 0 fully saturated rings. The SMILES string of the molecule is CCCCCCCCCCCCCCCCCC(=O)O[C@H](COC(=O)CCCCCCCCCCCCC(C)CC)COP(=O)(O)OC[C@@H](O)COP(=O)(O)OC[C@@H](COC(=O)CCCCCCCCCCC(C)C)OC(=O)CCCCCCCCCCCCCCC. The third-order valence-corrected chi connectivity index (χ3v) is 19.5. The van der Waals surface area contributed by atoms with Crippen LogP contribution in [0.4, 0.5) is 0 Å². The predicted molar refractivity (Wildman–Crippen MR) is 377 cm³/mol. The first-order valence-electron chi connectivity index (χ1n) is 38.5. The van der Waals surface area contributed by atoms with Gasteiger partial charge in [0.2, 0.25) is 0 Å². The molecule has 0 bridgehead atoms. The van der Waals surface area contributed by atoms with Crippen LogP contribution in [0.1, 0.15) is 382 Å². The number of carbonyl (C=O) groups is 4. The highest BCUT2D eigenvalue weighted by Gasteiger charge is 2.30. The van der Waals surface area contributed by atoms with Crippen LogP contribution in [0.15, 0.2) is 0 Å². The van der Waals surface area contributed by atoms with E-state index in [0.29, 0.717) is 25.7 Å². The highest BCUT2D eigenvalue weighted by atomic mass is 31.2. The molecule has 0 radical (unpaired) electrons. The molecular weight excluding hydrogens is 1220 g/mol. The fraction of sp³-hybridized carbons (Fsp3) is 0.946. The number of aliphatic hydroxyl groups is 1. The summed E-state index contributed by atoms with van der Waals surface area (Å²) < 4.78 is 68.5. The summed E-state index contributed by atoms with van der Waals surface area (Å²) in [7, 11) is -9.91. The first-order valence-corrected chi connectivity index (χ1v) is 41.5. The second kappa shape index (κ2) is 66.0. The predicted octanol–water partition coefficient (Wildman–Crippen LogP) is 21.6. The minimum absolute atomic E-state index is 0.107. The lowest BCUT2D eigenvalue weighted by Crippen LogP contribution is -2.30. The number of carbonyl (C=O) groups excluding carboxylic acids is 4. The van der Waals surface area contributed by atoms with Crippen LogP contribution >= 0.6 is 15.6 Å². The number of phosphoric ester groups is 2. The van der Waals surface area contributed by atoms with Gasteiger partial charge >= 0.3 is 39.5 Å². The Bertz CT molecular complexity index is 1810. The van der Waals surface area contributed by atoms with Crippen molar-refractivity contribution < 1.29 is 80.2 Å². The van der Waals surface area contributed by atoms with Gasteiger partial charge in [0, 0.05) is 25.7 Å². The third-order valence-electron chi connectivity index (χ3n) is 17.6. The van der Waals surface area contributed by atoms with E-state index in [2.05, 4.69) is 41.5 Å². The zero-order chi connectivity index (χ0) is 68.6. The van der Waals surface area contributed by atoms with Gasteiger partial charge in [-0.2, -0.15) is 0 Å². The topological polar surface area (TPSA) is 237 Å². The van der Waals surface area contributed by atoms with Crippen molar-refractivity contribution in [3.8, 4) is 0 Å². The van der Waals surface area contributed by atoms with Gasteiger partial charge in [0.1, 0.15) is 19.3 Å². The lowest BCUT2D eigenvalue weighted by atomic mass is 9.99. The average molecular weight is 1370 g/mol. The van der Waals surface area contributed by atoms with E-state index in [0.717, 1.165) is 102 Å². The summed E-state index contributed by atoms with van der Waals surface area (Å²) in [6.45, 7) is 9.58. The number of aliphatic hydroxyl groups excluding tert-OH is 1. The van der Waals surface area contributed by atoms with Crippen LogP contribution in [0.3, 0.4) is 0 Å². The summed E-state index contributed by atoms with van der Waals surface area (Å²) in [5.41, 5.74) is 0. The molecule has 17 nitrogen and oxygen atoms in total. The maximum Gasteiger partial charge on any atom is 0.472 e. The molecule has 0 aliphatic carbocycles. The maximum atomic E-state index is 13.1. The number of ether oxygens (including phenoxy) is 4. The molecule has 0 aromatic rings. The van der Waals surface area contributed by atoms with Crippen molar-refractivity contribution in [1.82, 2.24) is 0 Å². The minimum Gasteiger partial charge on any atom is -0.462 e. The van der Waals surface area contributed by atoms with Gasteiger partial charge in [-0.05, 0) is 37.5 Å². The Morgan fingerprint density at radius 2 is 0.548 bits per heavy atom. The number of hydrogen-bond donors (Lipinski definition) is 3. The standard InChI is InChI=1S/C74H144O17P2/c1-7-10-12-14-16-18-20-22-23-25-27-33-41-47-53-59-74(79)90-69(62-84-71(76)56-50-44-38-31-29-28-30-37-43-49-55-67(6)9-3)64-88-92(80,81)86-60-68(75)61-87-93(82,83)89-65-70(63-85-72(77)57-51-45-39-35-34-36-42-48-54-66(4)5)91-73(78)58-52-46-40-32-26-24-21-19-17-15-13-11-8-2/h66-70,75H,7-65H2,1-6H3,(H,80,81)(H,82,83)/t67?,68-,69-,70-/m1/s1. The van der Waals surface area contributed by atoms with Gasteiger partial charge in [-0.3, -0.25) is 37.3 Å². The number of hydrogen-bond acceptors (Lipinski definition) is 15. The molecule has 0 rings (SSSR count). The quantitative estimate of drug-likeness (QED) is 0.0222. The molecule has 0 amide bonds. The van der Waals surface area contributed by atoms with E-state index in [4.69, 9.17) is 37.0 Å². The van der Waals surface area contributed by atoms with Crippen molar-refractivity contribution >= 4 is 39.5 Å². The molecule has 0 aliphatic heterocycles. The Labute approximate surface area is 568 Å². The van der Waals surface area contributed by atoms with Crippen molar-refractivity contribution in [2.24, 2.45) is 11.8 Å². The van der Waals surface area contributed by atoms with Gasteiger partial charge in [-0.25, -0.2) is 9.13 Å². The van der Waals surface area contributed by atoms with Crippen LogP contribution in [-0.2, 0) is 65.4 Å². The van der Waals surface area contributed by atoms with Crippen LogP contribution in [0.5, 0.6) is 0 Å². The first-order chi connectivity index (χ1) is 44.9. The second-order valence-electron chi connectivity index (χ2n) is 27.4.